The van der Waals surface area contributed by atoms with E-state index in [9.17, 15) is 8.42 Å². The molecule has 2 rings (SSSR count). The van der Waals surface area contributed by atoms with E-state index < -0.39 is 10.0 Å². The molecule has 0 saturated heterocycles. The van der Waals surface area contributed by atoms with Gasteiger partial charge in [-0.25, -0.2) is 13.1 Å². The van der Waals surface area contributed by atoms with Crippen molar-refractivity contribution < 1.29 is 13.2 Å². The van der Waals surface area contributed by atoms with Crippen LogP contribution in [0.1, 0.15) is 25.3 Å². The Hall–Kier alpha value is -0.820. The maximum absolute atomic E-state index is 12.5. The highest BCUT2D eigenvalue weighted by Crippen LogP contribution is 2.37. The average Bonchev–Trinajstić information content (AvgIpc) is 3.15. The summed E-state index contributed by atoms with van der Waals surface area (Å²) >= 11 is 5.97. The summed E-state index contributed by atoms with van der Waals surface area (Å²) in [6, 6.07) is 3.02. The fourth-order valence-corrected chi connectivity index (χ4v) is 4.17. The minimum Gasteiger partial charge on any atom is -0.495 e. The first-order chi connectivity index (χ1) is 9.42. The minimum atomic E-state index is -3.65. The fraction of sp³-hybridized carbons (Fsp3) is 0.538. The van der Waals surface area contributed by atoms with Gasteiger partial charge in [0, 0.05) is 23.2 Å². The number of methoxy groups -OCH3 is 1. The van der Waals surface area contributed by atoms with E-state index in [2.05, 4.69) is 4.72 Å². The SMILES string of the molecule is CCC1CC1NS(=O)(=O)c1cc(Cl)cc(CN)c1OC. The molecule has 0 amide bonds. The quantitative estimate of drug-likeness (QED) is 0.839. The molecule has 1 aromatic rings. The lowest BCUT2D eigenvalue weighted by Crippen LogP contribution is -2.27. The van der Waals surface area contributed by atoms with Gasteiger partial charge in [0.05, 0.1) is 7.11 Å². The third kappa shape index (κ3) is 3.09. The molecule has 0 radical (unpaired) electrons. The van der Waals surface area contributed by atoms with E-state index >= 15 is 0 Å². The molecule has 0 heterocycles. The fourth-order valence-electron chi connectivity index (χ4n) is 2.31. The lowest BCUT2D eigenvalue weighted by Gasteiger charge is -2.14. The highest BCUT2D eigenvalue weighted by atomic mass is 35.5. The van der Waals surface area contributed by atoms with Gasteiger partial charge in [-0.05, 0) is 24.5 Å². The van der Waals surface area contributed by atoms with Crippen LogP contribution in [0.15, 0.2) is 17.0 Å². The number of sulfonamides is 1. The first kappa shape index (κ1) is 15.6. The topological polar surface area (TPSA) is 81.4 Å². The summed E-state index contributed by atoms with van der Waals surface area (Å²) in [6.45, 7) is 2.21. The molecule has 7 heteroatoms. The van der Waals surface area contributed by atoms with Crippen LogP contribution in [-0.2, 0) is 16.6 Å². The molecule has 1 aliphatic carbocycles. The van der Waals surface area contributed by atoms with E-state index in [1.165, 1.54) is 13.2 Å². The highest BCUT2D eigenvalue weighted by molar-refractivity contribution is 7.89. The second-order valence-corrected chi connectivity index (χ2v) is 7.05. The Labute approximate surface area is 124 Å². The molecule has 2 atom stereocenters. The summed E-state index contributed by atoms with van der Waals surface area (Å²) in [6.07, 6.45) is 1.84. The molecule has 1 fully saturated rings. The van der Waals surface area contributed by atoms with Crippen molar-refractivity contribution in [1.29, 1.82) is 0 Å². The smallest absolute Gasteiger partial charge is 0.244 e. The summed E-state index contributed by atoms with van der Waals surface area (Å²) in [5, 5.41) is 0.328. The van der Waals surface area contributed by atoms with Crippen LogP contribution in [0.5, 0.6) is 5.75 Å². The third-order valence-electron chi connectivity index (χ3n) is 3.56. The number of hydrogen-bond donors (Lipinski definition) is 2. The molecule has 2 unspecified atom stereocenters. The predicted molar refractivity (Wildman–Crippen MR) is 78.4 cm³/mol. The number of benzene rings is 1. The molecule has 1 saturated carbocycles. The largest absolute Gasteiger partial charge is 0.495 e. The zero-order chi connectivity index (χ0) is 14.9. The van der Waals surface area contributed by atoms with Crippen molar-refractivity contribution in [3.8, 4) is 5.75 Å². The zero-order valence-corrected chi connectivity index (χ0v) is 13.1. The van der Waals surface area contributed by atoms with Crippen LogP contribution in [0.3, 0.4) is 0 Å². The first-order valence-corrected chi connectivity index (χ1v) is 8.37. The molecule has 112 valence electrons. The molecule has 20 heavy (non-hydrogen) atoms. The van der Waals surface area contributed by atoms with Gasteiger partial charge in [0.2, 0.25) is 10.0 Å². The molecule has 1 aliphatic rings. The molecule has 0 spiro atoms. The van der Waals surface area contributed by atoms with Crippen molar-refractivity contribution in [3.63, 3.8) is 0 Å². The molecule has 5 nitrogen and oxygen atoms in total. The summed E-state index contributed by atoms with van der Waals surface area (Å²) in [5.41, 5.74) is 6.18. The maximum Gasteiger partial charge on any atom is 0.244 e. The van der Waals surface area contributed by atoms with Gasteiger partial charge in [0.1, 0.15) is 10.6 Å². The Kier molecular flexibility index (Phi) is 4.59. The average molecular weight is 319 g/mol. The van der Waals surface area contributed by atoms with Gasteiger partial charge in [0.25, 0.3) is 0 Å². The lowest BCUT2D eigenvalue weighted by atomic mass is 10.2. The van der Waals surface area contributed by atoms with Crippen LogP contribution in [-0.4, -0.2) is 21.6 Å². The van der Waals surface area contributed by atoms with Crippen molar-refractivity contribution in [2.45, 2.75) is 37.2 Å². The summed E-state index contributed by atoms with van der Waals surface area (Å²) in [4.78, 5) is 0.0507. The van der Waals surface area contributed by atoms with E-state index in [-0.39, 0.29) is 23.2 Å². The van der Waals surface area contributed by atoms with Gasteiger partial charge in [-0.1, -0.05) is 24.9 Å². The molecule has 3 N–H and O–H groups in total. The number of hydrogen-bond acceptors (Lipinski definition) is 4. The third-order valence-corrected chi connectivity index (χ3v) is 5.28. The van der Waals surface area contributed by atoms with Crippen LogP contribution in [0, 0.1) is 5.92 Å². The molecule has 0 aromatic heterocycles. The van der Waals surface area contributed by atoms with E-state index in [1.54, 1.807) is 6.07 Å². The number of nitrogens with two attached hydrogens (primary N) is 1. The zero-order valence-electron chi connectivity index (χ0n) is 11.5. The van der Waals surface area contributed by atoms with Crippen molar-refractivity contribution in [1.82, 2.24) is 4.72 Å². The highest BCUT2D eigenvalue weighted by Gasteiger charge is 2.39. The molecule has 0 aliphatic heterocycles. The molecular formula is C13H19ClN2O3S. The predicted octanol–water partition coefficient (Wildman–Crippen LogP) is 1.88. The summed E-state index contributed by atoms with van der Waals surface area (Å²) in [7, 11) is -2.23. The van der Waals surface area contributed by atoms with Gasteiger partial charge >= 0.3 is 0 Å². The van der Waals surface area contributed by atoms with Crippen LogP contribution in [0.2, 0.25) is 5.02 Å². The van der Waals surface area contributed by atoms with Crippen molar-refractivity contribution >= 4 is 21.6 Å². The maximum atomic E-state index is 12.5. The molecule has 0 bridgehead atoms. The Bertz CT molecular complexity index is 604. The first-order valence-electron chi connectivity index (χ1n) is 6.51. The summed E-state index contributed by atoms with van der Waals surface area (Å²) < 4.78 is 32.8. The standard InChI is InChI=1S/C13H19ClN2O3S/c1-3-8-5-11(8)16-20(17,18)12-6-10(14)4-9(7-15)13(12)19-2/h4,6,8,11,16H,3,5,7,15H2,1-2H3. The monoisotopic (exact) mass is 318 g/mol. The Morgan fingerprint density at radius 2 is 2.20 bits per heavy atom. The number of nitrogens with one attached hydrogen (secondary N) is 1. The normalized spacial score (nSPS) is 21.8. The van der Waals surface area contributed by atoms with Gasteiger partial charge < -0.3 is 10.5 Å². The van der Waals surface area contributed by atoms with E-state index in [1.807, 2.05) is 6.92 Å². The van der Waals surface area contributed by atoms with Crippen molar-refractivity contribution in [2.75, 3.05) is 7.11 Å². The number of halogens is 1. The minimum absolute atomic E-state index is 0.00927. The van der Waals surface area contributed by atoms with E-state index in [0.29, 0.717) is 16.5 Å². The van der Waals surface area contributed by atoms with Gasteiger partial charge in [-0.3, -0.25) is 0 Å². The Morgan fingerprint density at radius 3 is 2.70 bits per heavy atom. The van der Waals surface area contributed by atoms with Crippen LogP contribution >= 0.6 is 11.6 Å². The van der Waals surface area contributed by atoms with Gasteiger partial charge in [-0.15, -0.1) is 0 Å². The number of rotatable bonds is 6. The Morgan fingerprint density at radius 1 is 1.50 bits per heavy atom. The number of ether oxygens (including phenoxy) is 1. The lowest BCUT2D eigenvalue weighted by molar-refractivity contribution is 0.397. The van der Waals surface area contributed by atoms with Crippen molar-refractivity contribution in [3.05, 3.63) is 22.7 Å². The van der Waals surface area contributed by atoms with Gasteiger partial charge in [-0.2, -0.15) is 0 Å². The van der Waals surface area contributed by atoms with Crippen LogP contribution in [0.25, 0.3) is 0 Å². The van der Waals surface area contributed by atoms with Crippen molar-refractivity contribution in [2.24, 2.45) is 11.7 Å². The van der Waals surface area contributed by atoms with E-state index in [4.69, 9.17) is 22.1 Å². The molecule has 1 aromatic carbocycles. The second-order valence-electron chi connectivity index (χ2n) is 4.93. The Balaban J connectivity index is 2.38. The van der Waals surface area contributed by atoms with Crippen LogP contribution in [0.4, 0.5) is 0 Å². The second kappa shape index (κ2) is 5.89. The summed E-state index contributed by atoms with van der Waals surface area (Å²) in [5.74, 6) is 0.682. The molecular weight excluding hydrogens is 300 g/mol. The van der Waals surface area contributed by atoms with E-state index in [0.717, 1.165) is 12.8 Å². The van der Waals surface area contributed by atoms with Crippen LogP contribution < -0.4 is 15.2 Å². The van der Waals surface area contributed by atoms with Gasteiger partial charge in [0.15, 0.2) is 0 Å².